The van der Waals surface area contributed by atoms with E-state index in [0.29, 0.717) is 17.4 Å². The van der Waals surface area contributed by atoms with Crippen LogP contribution in [0, 0.1) is 0 Å². The number of ether oxygens (including phenoxy) is 2. The predicted octanol–water partition coefficient (Wildman–Crippen LogP) is 4.50. The summed E-state index contributed by atoms with van der Waals surface area (Å²) in [7, 11) is 0. The number of hydrogen-bond acceptors (Lipinski definition) is 3. The molecule has 0 radical (unpaired) electrons. The highest BCUT2D eigenvalue weighted by atomic mass is 32.1. The maximum absolute atomic E-state index is 12.1. The van der Waals surface area contributed by atoms with Gasteiger partial charge in [0.1, 0.15) is 11.5 Å². The Morgan fingerprint density at radius 3 is 1.87 bits per heavy atom. The standard InChI is InChI=1S/C16H16F2N2O2S/c1-2-21-13-7-3-11(4-8-13)19-16(23)20-12-5-9-14(10-6-12)22-15(17)18/h3-10,15H,2H2,1H3,(H2,19,20,23). The van der Waals surface area contributed by atoms with E-state index in [1.54, 1.807) is 12.1 Å². The Bertz CT molecular complexity index is 634. The van der Waals surface area contributed by atoms with Crippen molar-refractivity contribution in [1.29, 1.82) is 0 Å². The molecule has 0 unspecified atom stereocenters. The van der Waals surface area contributed by atoms with Crippen molar-refractivity contribution in [3.8, 4) is 11.5 Å². The summed E-state index contributed by atoms with van der Waals surface area (Å²) in [5.41, 5.74) is 1.47. The van der Waals surface area contributed by atoms with Gasteiger partial charge in [-0.25, -0.2) is 0 Å². The summed E-state index contributed by atoms with van der Waals surface area (Å²) < 4.78 is 33.8. The Morgan fingerprint density at radius 2 is 1.43 bits per heavy atom. The molecule has 0 aliphatic heterocycles. The van der Waals surface area contributed by atoms with E-state index in [1.807, 2.05) is 31.2 Å². The van der Waals surface area contributed by atoms with Crippen molar-refractivity contribution in [2.45, 2.75) is 13.5 Å². The lowest BCUT2D eigenvalue weighted by Crippen LogP contribution is -2.18. The highest BCUT2D eigenvalue weighted by Crippen LogP contribution is 2.19. The van der Waals surface area contributed by atoms with Crippen molar-refractivity contribution in [3.63, 3.8) is 0 Å². The second-order valence-corrected chi connectivity index (χ2v) is 4.85. The number of halogens is 2. The lowest BCUT2D eigenvalue weighted by Gasteiger charge is -2.12. The van der Waals surface area contributed by atoms with Gasteiger partial charge in [0.15, 0.2) is 5.11 Å². The van der Waals surface area contributed by atoms with Gasteiger partial charge < -0.3 is 20.1 Å². The molecule has 23 heavy (non-hydrogen) atoms. The van der Waals surface area contributed by atoms with Crippen LogP contribution in [-0.2, 0) is 0 Å². The summed E-state index contributed by atoms with van der Waals surface area (Å²) in [6, 6.07) is 13.4. The van der Waals surface area contributed by atoms with Crippen LogP contribution < -0.4 is 20.1 Å². The van der Waals surface area contributed by atoms with E-state index in [1.165, 1.54) is 12.1 Å². The molecule has 122 valence electrons. The molecule has 0 aliphatic carbocycles. The molecule has 0 spiro atoms. The molecule has 0 aliphatic rings. The molecule has 2 aromatic rings. The number of rotatable bonds is 6. The first kappa shape index (κ1) is 17.0. The molecule has 2 rings (SSSR count). The van der Waals surface area contributed by atoms with Crippen molar-refractivity contribution in [2.24, 2.45) is 0 Å². The van der Waals surface area contributed by atoms with Crippen molar-refractivity contribution in [1.82, 2.24) is 0 Å². The Hall–Kier alpha value is -2.41. The molecule has 0 aromatic heterocycles. The quantitative estimate of drug-likeness (QED) is 0.760. The maximum Gasteiger partial charge on any atom is 0.387 e. The average molecular weight is 338 g/mol. The summed E-state index contributed by atoms with van der Waals surface area (Å²) in [5.74, 6) is 0.877. The average Bonchev–Trinajstić information content (AvgIpc) is 2.51. The zero-order valence-corrected chi connectivity index (χ0v) is 13.2. The van der Waals surface area contributed by atoms with E-state index in [4.69, 9.17) is 17.0 Å². The van der Waals surface area contributed by atoms with Crippen molar-refractivity contribution < 1.29 is 18.3 Å². The van der Waals surface area contributed by atoms with Gasteiger partial charge in [0.25, 0.3) is 0 Å². The Balaban J connectivity index is 1.88. The summed E-state index contributed by atoms with van der Waals surface area (Å²) in [6.07, 6.45) is 0. The van der Waals surface area contributed by atoms with E-state index >= 15 is 0 Å². The lowest BCUT2D eigenvalue weighted by molar-refractivity contribution is -0.0498. The third-order valence-corrected chi connectivity index (χ3v) is 2.96. The van der Waals surface area contributed by atoms with Crippen LogP contribution in [0.25, 0.3) is 0 Å². The van der Waals surface area contributed by atoms with Crippen LogP contribution in [0.4, 0.5) is 20.2 Å². The fourth-order valence-electron chi connectivity index (χ4n) is 1.81. The molecule has 2 N–H and O–H groups in total. The van der Waals surface area contributed by atoms with Crippen LogP contribution in [0.15, 0.2) is 48.5 Å². The van der Waals surface area contributed by atoms with Gasteiger partial charge in [-0.15, -0.1) is 0 Å². The SMILES string of the molecule is CCOc1ccc(NC(=S)Nc2ccc(OC(F)F)cc2)cc1. The van der Waals surface area contributed by atoms with Gasteiger partial charge in [-0.2, -0.15) is 8.78 Å². The second kappa shape index (κ2) is 8.28. The highest BCUT2D eigenvalue weighted by Gasteiger charge is 2.04. The van der Waals surface area contributed by atoms with Gasteiger partial charge >= 0.3 is 6.61 Å². The predicted molar refractivity (Wildman–Crippen MR) is 90.5 cm³/mol. The first-order valence-electron chi connectivity index (χ1n) is 6.92. The van der Waals surface area contributed by atoms with Crippen molar-refractivity contribution in [3.05, 3.63) is 48.5 Å². The van der Waals surface area contributed by atoms with Crippen LogP contribution in [0.1, 0.15) is 6.92 Å². The molecule has 0 amide bonds. The number of benzene rings is 2. The molecule has 0 atom stereocenters. The van der Waals surface area contributed by atoms with E-state index < -0.39 is 6.61 Å². The van der Waals surface area contributed by atoms with Gasteiger partial charge in [0.2, 0.25) is 0 Å². The van der Waals surface area contributed by atoms with E-state index in [-0.39, 0.29) is 5.75 Å². The molecule has 4 nitrogen and oxygen atoms in total. The van der Waals surface area contributed by atoms with Crippen LogP contribution >= 0.6 is 12.2 Å². The minimum absolute atomic E-state index is 0.0935. The summed E-state index contributed by atoms with van der Waals surface area (Å²) >= 11 is 5.20. The second-order valence-electron chi connectivity index (χ2n) is 4.44. The molecule has 0 heterocycles. The molecule has 0 saturated heterocycles. The largest absolute Gasteiger partial charge is 0.494 e. The highest BCUT2D eigenvalue weighted by molar-refractivity contribution is 7.80. The van der Waals surface area contributed by atoms with Crippen LogP contribution in [0.3, 0.4) is 0 Å². The summed E-state index contributed by atoms with van der Waals surface area (Å²) in [5, 5.41) is 6.36. The molecule has 7 heteroatoms. The zero-order chi connectivity index (χ0) is 16.7. The normalized spacial score (nSPS) is 10.3. The Labute approximate surface area is 138 Å². The maximum atomic E-state index is 12.1. The Kier molecular flexibility index (Phi) is 6.10. The third-order valence-electron chi connectivity index (χ3n) is 2.76. The first-order valence-corrected chi connectivity index (χ1v) is 7.33. The van der Waals surface area contributed by atoms with E-state index in [0.717, 1.165) is 11.4 Å². The first-order chi connectivity index (χ1) is 11.1. The molecule has 2 aromatic carbocycles. The molecule has 0 bridgehead atoms. The van der Waals surface area contributed by atoms with Gasteiger partial charge in [-0.05, 0) is 67.7 Å². The molecule has 0 saturated carbocycles. The number of nitrogens with one attached hydrogen (secondary N) is 2. The fraction of sp³-hybridized carbons (Fsp3) is 0.188. The van der Waals surface area contributed by atoms with Crippen LogP contribution in [0.2, 0.25) is 0 Å². The van der Waals surface area contributed by atoms with Gasteiger partial charge in [-0.1, -0.05) is 0 Å². The minimum atomic E-state index is -2.84. The van der Waals surface area contributed by atoms with Gasteiger partial charge in [0.05, 0.1) is 6.61 Å². The number of alkyl halides is 2. The summed E-state index contributed by atoms with van der Waals surface area (Å²) in [6.45, 7) is -0.308. The van der Waals surface area contributed by atoms with E-state index in [9.17, 15) is 8.78 Å². The smallest absolute Gasteiger partial charge is 0.387 e. The van der Waals surface area contributed by atoms with Crippen molar-refractivity contribution in [2.75, 3.05) is 17.2 Å². The lowest BCUT2D eigenvalue weighted by atomic mass is 10.3. The van der Waals surface area contributed by atoms with Crippen molar-refractivity contribution >= 4 is 28.7 Å². The van der Waals surface area contributed by atoms with Gasteiger partial charge in [-0.3, -0.25) is 0 Å². The number of thiocarbonyl (C=S) groups is 1. The van der Waals surface area contributed by atoms with Crippen LogP contribution in [0.5, 0.6) is 11.5 Å². The third kappa shape index (κ3) is 5.71. The molecular formula is C16H16F2N2O2S. The Morgan fingerprint density at radius 1 is 0.957 bits per heavy atom. The van der Waals surface area contributed by atoms with Crippen LogP contribution in [-0.4, -0.2) is 18.3 Å². The fourth-order valence-corrected chi connectivity index (χ4v) is 2.05. The summed E-state index contributed by atoms with van der Waals surface area (Å²) in [4.78, 5) is 0. The van der Waals surface area contributed by atoms with Gasteiger partial charge in [0, 0.05) is 11.4 Å². The number of anilines is 2. The monoisotopic (exact) mass is 338 g/mol. The topological polar surface area (TPSA) is 42.5 Å². The zero-order valence-electron chi connectivity index (χ0n) is 12.4. The molecular weight excluding hydrogens is 322 g/mol. The minimum Gasteiger partial charge on any atom is -0.494 e. The van der Waals surface area contributed by atoms with E-state index in [2.05, 4.69) is 15.4 Å². The number of hydrogen-bond donors (Lipinski definition) is 2. The molecule has 0 fully saturated rings.